The van der Waals surface area contributed by atoms with E-state index in [1.165, 1.54) is 5.56 Å². The molecule has 0 atom stereocenters. The first-order valence-electron chi connectivity index (χ1n) is 7.84. The van der Waals surface area contributed by atoms with Crippen LogP contribution in [-0.4, -0.2) is 37.7 Å². The van der Waals surface area contributed by atoms with E-state index in [4.69, 9.17) is 4.74 Å². The molecular weight excluding hydrogens is 264 g/mol. The average Bonchev–Trinajstić information content (AvgIpc) is 2.52. The summed E-state index contributed by atoms with van der Waals surface area (Å²) in [4.78, 5) is 13.9. The van der Waals surface area contributed by atoms with E-state index in [0.29, 0.717) is 0 Å². The van der Waals surface area contributed by atoms with Gasteiger partial charge in [0, 0.05) is 19.6 Å². The molecule has 2 rings (SSSR count). The Morgan fingerprint density at radius 2 is 1.95 bits per heavy atom. The second kappa shape index (κ2) is 7.91. The third-order valence-corrected chi connectivity index (χ3v) is 4.15. The molecule has 1 N–H and O–H groups in total. The van der Waals surface area contributed by atoms with Gasteiger partial charge < -0.3 is 15.0 Å². The molecule has 4 heteroatoms. The summed E-state index contributed by atoms with van der Waals surface area (Å²) in [6.07, 6.45) is 4.18. The fraction of sp³-hybridized carbons (Fsp3) is 0.588. The van der Waals surface area contributed by atoms with Crippen molar-refractivity contribution in [3.05, 3.63) is 29.8 Å². The van der Waals surface area contributed by atoms with Crippen molar-refractivity contribution in [1.82, 2.24) is 10.2 Å². The molecular formula is C17H26N2O2. The second-order valence-electron chi connectivity index (χ2n) is 5.85. The summed E-state index contributed by atoms with van der Waals surface area (Å²) < 4.78 is 5.14. The molecule has 1 saturated heterocycles. The van der Waals surface area contributed by atoms with Crippen molar-refractivity contribution in [2.75, 3.05) is 26.7 Å². The van der Waals surface area contributed by atoms with Gasteiger partial charge in [-0.1, -0.05) is 19.1 Å². The number of ether oxygens (including phenoxy) is 1. The van der Waals surface area contributed by atoms with Crippen LogP contribution in [-0.2, 0) is 6.42 Å². The Morgan fingerprint density at radius 3 is 2.57 bits per heavy atom. The Bertz CT molecular complexity index is 437. The molecule has 0 unspecified atom stereocenters. The highest BCUT2D eigenvalue weighted by Gasteiger charge is 2.19. The number of likely N-dealkylation sites (tertiary alicyclic amines) is 1. The molecule has 1 aromatic carbocycles. The van der Waals surface area contributed by atoms with Gasteiger partial charge in [0.15, 0.2) is 0 Å². The first kappa shape index (κ1) is 15.7. The number of amides is 2. The van der Waals surface area contributed by atoms with Gasteiger partial charge in [-0.15, -0.1) is 0 Å². The van der Waals surface area contributed by atoms with Crippen LogP contribution in [0.5, 0.6) is 5.75 Å². The van der Waals surface area contributed by atoms with Crippen LogP contribution < -0.4 is 10.1 Å². The number of methoxy groups -OCH3 is 1. The molecule has 116 valence electrons. The molecule has 2 amide bonds. The van der Waals surface area contributed by atoms with Gasteiger partial charge in [0.05, 0.1) is 7.11 Å². The number of hydrogen-bond donors (Lipinski definition) is 1. The highest BCUT2D eigenvalue weighted by Crippen LogP contribution is 2.16. The highest BCUT2D eigenvalue weighted by atomic mass is 16.5. The minimum absolute atomic E-state index is 0.0941. The van der Waals surface area contributed by atoms with Crippen LogP contribution in [0.1, 0.15) is 31.7 Å². The van der Waals surface area contributed by atoms with Crippen LogP contribution >= 0.6 is 0 Å². The normalized spacial score (nSPS) is 15.8. The van der Waals surface area contributed by atoms with Crippen molar-refractivity contribution in [2.24, 2.45) is 5.92 Å². The SMILES string of the molecule is COc1ccc(CCCNC(=O)N2CCC(C)CC2)cc1. The van der Waals surface area contributed by atoms with Gasteiger partial charge in [-0.05, 0) is 49.3 Å². The molecule has 1 heterocycles. The molecule has 21 heavy (non-hydrogen) atoms. The molecule has 0 saturated carbocycles. The largest absolute Gasteiger partial charge is 0.497 e. The predicted octanol–water partition coefficient (Wildman–Crippen LogP) is 3.07. The molecule has 1 aliphatic heterocycles. The third-order valence-electron chi connectivity index (χ3n) is 4.15. The molecule has 0 aliphatic carbocycles. The van der Waals surface area contributed by atoms with Crippen molar-refractivity contribution in [2.45, 2.75) is 32.6 Å². The van der Waals surface area contributed by atoms with Gasteiger partial charge >= 0.3 is 6.03 Å². The van der Waals surface area contributed by atoms with Crippen molar-refractivity contribution < 1.29 is 9.53 Å². The minimum Gasteiger partial charge on any atom is -0.497 e. The van der Waals surface area contributed by atoms with E-state index in [-0.39, 0.29) is 6.03 Å². The zero-order chi connectivity index (χ0) is 15.1. The number of aryl methyl sites for hydroxylation is 1. The summed E-state index contributed by atoms with van der Waals surface area (Å²) in [5, 5.41) is 3.02. The number of piperidine rings is 1. The fourth-order valence-electron chi connectivity index (χ4n) is 2.60. The summed E-state index contributed by atoms with van der Waals surface area (Å²) in [6, 6.07) is 8.20. The first-order valence-corrected chi connectivity index (χ1v) is 7.84. The molecule has 1 aliphatic rings. The number of urea groups is 1. The molecule has 1 fully saturated rings. The van der Waals surface area contributed by atoms with Crippen LogP contribution in [0.25, 0.3) is 0 Å². The lowest BCUT2D eigenvalue weighted by Crippen LogP contribution is -2.44. The smallest absolute Gasteiger partial charge is 0.317 e. The van der Waals surface area contributed by atoms with Crippen molar-refractivity contribution in [3.63, 3.8) is 0 Å². The monoisotopic (exact) mass is 290 g/mol. The van der Waals surface area contributed by atoms with E-state index >= 15 is 0 Å². The van der Waals surface area contributed by atoms with E-state index in [2.05, 4.69) is 24.4 Å². The Morgan fingerprint density at radius 1 is 1.29 bits per heavy atom. The Hall–Kier alpha value is -1.71. The minimum atomic E-state index is 0.0941. The lowest BCUT2D eigenvalue weighted by molar-refractivity contribution is 0.174. The number of hydrogen-bond acceptors (Lipinski definition) is 2. The second-order valence-corrected chi connectivity index (χ2v) is 5.85. The molecule has 4 nitrogen and oxygen atoms in total. The predicted molar refractivity (Wildman–Crippen MR) is 84.7 cm³/mol. The van der Waals surface area contributed by atoms with Gasteiger partial charge in [-0.25, -0.2) is 4.79 Å². The quantitative estimate of drug-likeness (QED) is 0.847. The van der Waals surface area contributed by atoms with Crippen molar-refractivity contribution in [1.29, 1.82) is 0 Å². The molecule has 0 bridgehead atoms. The third kappa shape index (κ3) is 4.96. The maximum Gasteiger partial charge on any atom is 0.317 e. The lowest BCUT2D eigenvalue weighted by atomic mass is 10.00. The number of benzene rings is 1. The molecule has 0 radical (unpaired) electrons. The topological polar surface area (TPSA) is 41.6 Å². The van der Waals surface area contributed by atoms with E-state index in [1.807, 2.05) is 17.0 Å². The van der Waals surface area contributed by atoms with E-state index in [0.717, 1.165) is 57.0 Å². The van der Waals surface area contributed by atoms with Gasteiger partial charge in [-0.3, -0.25) is 0 Å². The summed E-state index contributed by atoms with van der Waals surface area (Å²) in [5.41, 5.74) is 1.27. The first-order chi connectivity index (χ1) is 10.2. The Balaban J connectivity index is 1.63. The van der Waals surface area contributed by atoms with Crippen LogP contribution in [0, 0.1) is 5.92 Å². The fourth-order valence-corrected chi connectivity index (χ4v) is 2.60. The van der Waals surface area contributed by atoms with Crippen LogP contribution in [0.15, 0.2) is 24.3 Å². The Kier molecular flexibility index (Phi) is 5.90. The van der Waals surface area contributed by atoms with Gasteiger partial charge in [0.2, 0.25) is 0 Å². The number of nitrogens with zero attached hydrogens (tertiary/aromatic N) is 1. The van der Waals surface area contributed by atoms with E-state index in [9.17, 15) is 4.79 Å². The van der Waals surface area contributed by atoms with E-state index in [1.54, 1.807) is 7.11 Å². The van der Waals surface area contributed by atoms with Crippen molar-refractivity contribution in [3.8, 4) is 5.75 Å². The number of carbonyl (C=O) groups is 1. The maximum atomic E-state index is 12.0. The zero-order valence-corrected chi connectivity index (χ0v) is 13.1. The van der Waals surface area contributed by atoms with Gasteiger partial charge in [0.25, 0.3) is 0 Å². The summed E-state index contributed by atoms with van der Waals surface area (Å²) >= 11 is 0. The van der Waals surface area contributed by atoms with Crippen LogP contribution in [0.3, 0.4) is 0 Å². The molecule has 1 aromatic rings. The highest BCUT2D eigenvalue weighted by molar-refractivity contribution is 5.74. The Labute approximate surface area is 127 Å². The maximum absolute atomic E-state index is 12.0. The number of nitrogens with one attached hydrogen (secondary N) is 1. The molecule has 0 aromatic heterocycles. The summed E-state index contributed by atoms with van der Waals surface area (Å²) in [5.74, 6) is 1.63. The number of carbonyl (C=O) groups excluding carboxylic acids is 1. The summed E-state index contributed by atoms with van der Waals surface area (Å²) in [7, 11) is 1.67. The lowest BCUT2D eigenvalue weighted by Gasteiger charge is -2.30. The average molecular weight is 290 g/mol. The van der Waals surface area contributed by atoms with E-state index < -0.39 is 0 Å². The van der Waals surface area contributed by atoms with Crippen molar-refractivity contribution >= 4 is 6.03 Å². The van der Waals surface area contributed by atoms with Gasteiger partial charge in [-0.2, -0.15) is 0 Å². The number of rotatable bonds is 5. The van der Waals surface area contributed by atoms with Crippen LogP contribution in [0.2, 0.25) is 0 Å². The standard InChI is InChI=1S/C17H26N2O2/c1-14-9-12-19(13-10-14)17(20)18-11-3-4-15-5-7-16(21-2)8-6-15/h5-8,14H,3-4,9-13H2,1-2H3,(H,18,20). The van der Waals surface area contributed by atoms with Gasteiger partial charge in [0.1, 0.15) is 5.75 Å². The zero-order valence-electron chi connectivity index (χ0n) is 13.1. The summed E-state index contributed by atoms with van der Waals surface area (Å²) in [6.45, 7) is 4.78. The molecule has 0 spiro atoms. The van der Waals surface area contributed by atoms with Crippen LogP contribution in [0.4, 0.5) is 4.79 Å².